The second kappa shape index (κ2) is 4.99. The van der Waals surface area contributed by atoms with Gasteiger partial charge in [0.1, 0.15) is 11.5 Å². The van der Waals surface area contributed by atoms with E-state index in [4.69, 9.17) is 15.7 Å². The normalized spacial score (nSPS) is 15.4. The van der Waals surface area contributed by atoms with E-state index < -0.39 is 0 Å². The molecular weight excluding hydrogens is 248 g/mol. The minimum atomic E-state index is 0.171. The van der Waals surface area contributed by atoms with E-state index in [1.165, 1.54) is 5.56 Å². The predicted octanol–water partition coefficient (Wildman–Crippen LogP) is 3.34. The first kappa shape index (κ1) is 12.7. The van der Waals surface area contributed by atoms with Crippen molar-refractivity contribution in [2.45, 2.75) is 18.3 Å². The van der Waals surface area contributed by atoms with E-state index in [9.17, 15) is 0 Å². The van der Waals surface area contributed by atoms with Crippen LogP contribution in [-0.2, 0) is 5.41 Å². The summed E-state index contributed by atoms with van der Waals surface area (Å²) in [6.07, 6.45) is 2.31. The zero-order chi connectivity index (χ0) is 14.0. The first-order valence-electron chi connectivity index (χ1n) is 6.74. The number of nitrogens with two attached hydrogens (primary N) is 1. The molecule has 0 aliphatic heterocycles. The van der Waals surface area contributed by atoms with E-state index >= 15 is 0 Å². The van der Waals surface area contributed by atoms with Gasteiger partial charge < -0.3 is 10.5 Å². The average Bonchev–Trinajstić information content (AvgIpc) is 3.30. The molecule has 100 valence electrons. The van der Waals surface area contributed by atoms with Crippen LogP contribution in [0.4, 0.5) is 0 Å². The highest BCUT2D eigenvalue weighted by molar-refractivity contribution is 5.41. The van der Waals surface area contributed by atoms with Gasteiger partial charge in [-0.2, -0.15) is 5.26 Å². The van der Waals surface area contributed by atoms with Gasteiger partial charge in [0.05, 0.1) is 11.6 Å². The third-order valence-corrected chi connectivity index (χ3v) is 3.91. The first-order valence-corrected chi connectivity index (χ1v) is 6.74. The number of ether oxygens (including phenoxy) is 1. The van der Waals surface area contributed by atoms with Gasteiger partial charge in [0, 0.05) is 12.0 Å². The molecule has 0 amide bonds. The van der Waals surface area contributed by atoms with Crippen molar-refractivity contribution >= 4 is 0 Å². The van der Waals surface area contributed by atoms with Crippen LogP contribution in [0.15, 0.2) is 48.5 Å². The molecule has 2 aromatic rings. The number of rotatable bonds is 4. The van der Waals surface area contributed by atoms with Crippen molar-refractivity contribution in [1.82, 2.24) is 0 Å². The second-order valence-electron chi connectivity index (χ2n) is 5.25. The van der Waals surface area contributed by atoms with E-state index in [1.54, 1.807) is 24.3 Å². The highest BCUT2D eigenvalue weighted by Gasteiger charge is 2.42. The van der Waals surface area contributed by atoms with Crippen LogP contribution < -0.4 is 10.5 Å². The summed E-state index contributed by atoms with van der Waals surface area (Å²) in [6, 6.07) is 17.3. The Morgan fingerprint density at radius 3 is 2.45 bits per heavy atom. The van der Waals surface area contributed by atoms with Crippen LogP contribution in [0.1, 0.15) is 24.0 Å². The molecule has 1 aliphatic carbocycles. The molecular formula is C17H16N2O. The Hall–Kier alpha value is -2.31. The SMILES string of the molecule is N#Cc1ccc(Oc2cccc(C3(CN)CC3)c2)cc1. The summed E-state index contributed by atoms with van der Waals surface area (Å²) in [6.45, 7) is 0.688. The van der Waals surface area contributed by atoms with Crippen LogP contribution >= 0.6 is 0 Å². The summed E-state index contributed by atoms with van der Waals surface area (Å²) >= 11 is 0. The van der Waals surface area contributed by atoms with Gasteiger partial charge in [-0.3, -0.25) is 0 Å². The Kier molecular flexibility index (Phi) is 3.17. The Labute approximate surface area is 118 Å². The minimum absolute atomic E-state index is 0.171. The summed E-state index contributed by atoms with van der Waals surface area (Å²) in [5, 5.41) is 8.78. The summed E-state index contributed by atoms with van der Waals surface area (Å²) in [5.74, 6) is 1.55. The van der Waals surface area contributed by atoms with E-state index in [0.29, 0.717) is 12.1 Å². The number of hydrogen-bond acceptors (Lipinski definition) is 3. The fourth-order valence-electron chi connectivity index (χ4n) is 2.38. The Balaban J connectivity index is 1.80. The lowest BCUT2D eigenvalue weighted by Gasteiger charge is -2.14. The van der Waals surface area contributed by atoms with Crippen LogP contribution in [0.25, 0.3) is 0 Å². The summed E-state index contributed by atoms with van der Waals surface area (Å²) < 4.78 is 5.84. The lowest BCUT2D eigenvalue weighted by molar-refractivity contribution is 0.481. The summed E-state index contributed by atoms with van der Waals surface area (Å²) in [5.41, 5.74) is 7.92. The Morgan fingerprint density at radius 1 is 1.10 bits per heavy atom. The van der Waals surface area contributed by atoms with Crippen molar-refractivity contribution in [1.29, 1.82) is 5.26 Å². The van der Waals surface area contributed by atoms with E-state index in [-0.39, 0.29) is 5.41 Å². The second-order valence-corrected chi connectivity index (χ2v) is 5.25. The maximum absolute atomic E-state index is 8.78. The Morgan fingerprint density at radius 2 is 1.85 bits per heavy atom. The van der Waals surface area contributed by atoms with E-state index in [2.05, 4.69) is 18.2 Å². The number of nitrogens with zero attached hydrogens (tertiary/aromatic N) is 1. The van der Waals surface area contributed by atoms with Gasteiger partial charge in [0.2, 0.25) is 0 Å². The minimum Gasteiger partial charge on any atom is -0.457 e. The smallest absolute Gasteiger partial charge is 0.127 e. The fraction of sp³-hybridized carbons (Fsp3) is 0.235. The van der Waals surface area contributed by atoms with Gasteiger partial charge in [-0.25, -0.2) is 0 Å². The zero-order valence-corrected chi connectivity index (χ0v) is 11.2. The molecule has 0 heterocycles. The van der Waals surface area contributed by atoms with Gasteiger partial charge in [-0.1, -0.05) is 12.1 Å². The molecule has 1 aliphatic rings. The molecule has 0 atom stereocenters. The lowest BCUT2D eigenvalue weighted by atomic mass is 9.96. The van der Waals surface area contributed by atoms with E-state index in [0.717, 1.165) is 24.3 Å². The van der Waals surface area contributed by atoms with Crippen LogP contribution in [0, 0.1) is 11.3 Å². The molecule has 1 saturated carbocycles. The fourth-order valence-corrected chi connectivity index (χ4v) is 2.38. The molecule has 0 saturated heterocycles. The number of nitriles is 1. The van der Waals surface area contributed by atoms with Gasteiger partial charge in [-0.15, -0.1) is 0 Å². The molecule has 0 aromatic heterocycles. The van der Waals surface area contributed by atoms with Crippen LogP contribution in [0.5, 0.6) is 11.5 Å². The standard InChI is InChI=1S/C17H16N2O/c18-11-13-4-6-15(7-5-13)20-16-3-1-2-14(10-16)17(12-19)8-9-17/h1-7,10H,8-9,12,19H2. The molecule has 0 unspecified atom stereocenters. The van der Waals surface area contributed by atoms with Crippen LogP contribution in [0.2, 0.25) is 0 Å². The molecule has 0 radical (unpaired) electrons. The highest BCUT2D eigenvalue weighted by atomic mass is 16.5. The summed E-state index contributed by atoms with van der Waals surface area (Å²) in [4.78, 5) is 0. The third-order valence-electron chi connectivity index (χ3n) is 3.91. The van der Waals surface area contributed by atoms with Gasteiger partial charge in [-0.05, 0) is 54.8 Å². The molecule has 3 rings (SSSR count). The van der Waals surface area contributed by atoms with Gasteiger partial charge in [0.25, 0.3) is 0 Å². The van der Waals surface area contributed by atoms with Crippen LogP contribution in [-0.4, -0.2) is 6.54 Å². The van der Waals surface area contributed by atoms with Gasteiger partial charge >= 0.3 is 0 Å². The monoisotopic (exact) mass is 264 g/mol. The van der Waals surface area contributed by atoms with Crippen molar-refractivity contribution in [2.75, 3.05) is 6.54 Å². The predicted molar refractivity (Wildman–Crippen MR) is 77.6 cm³/mol. The average molecular weight is 264 g/mol. The Bertz CT molecular complexity index is 651. The van der Waals surface area contributed by atoms with Crippen molar-refractivity contribution in [3.63, 3.8) is 0 Å². The molecule has 2 aromatic carbocycles. The molecule has 0 bridgehead atoms. The molecule has 2 N–H and O–H groups in total. The van der Waals surface area contributed by atoms with Crippen molar-refractivity contribution in [3.8, 4) is 17.6 Å². The summed E-state index contributed by atoms with van der Waals surface area (Å²) in [7, 11) is 0. The van der Waals surface area contributed by atoms with Gasteiger partial charge in [0.15, 0.2) is 0 Å². The molecule has 1 fully saturated rings. The van der Waals surface area contributed by atoms with Crippen molar-refractivity contribution in [3.05, 3.63) is 59.7 Å². The third kappa shape index (κ3) is 2.38. The topological polar surface area (TPSA) is 59.0 Å². The number of hydrogen-bond donors (Lipinski definition) is 1. The maximum Gasteiger partial charge on any atom is 0.127 e. The number of benzene rings is 2. The van der Waals surface area contributed by atoms with E-state index in [1.807, 2.05) is 12.1 Å². The molecule has 0 spiro atoms. The van der Waals surface area contributed by atoms with Crippen LogP contribution in [0.3, 0.4) is 0 Å². The quantitative estimate of drug-likeness (QED) is 0.921. The highest BCUT2D eigenvalue weighted by Crippen LogP contribution is 2.47. The first-order chi connectivity index (χ1) is 9.75. The largest absolute Gasteiger partial charge is 0.457 e. The molecule has 3 nitrogen and oxygen atoms in total. The maximum atomic E-state index is 8.78. The van der Waals surface area contributed by atoms with Crippen molar-refractivity contribution < 1.29 is 4.74 Å². The zero-order valence-electron chi connectivity index (χ0n) is 11.2. The lowest BCUT2D eigenvalue weighted by Crippen LogP contribution is -2.19. The molecule has 3 heteroatoms. The molecule has 20 heavy (non-hydrogen) atoms. The van der Waals surface area contributed by atoms with Crippen molar-refractivity contribution in [2.24, 2.45) is 5.73 Å².